The zero-order chi connectivity index (χ0) is 18.7. The molecule has 3 atom stereocenters. The van der Waals surface area contributed by atoms with E-state index in [0.717, 1.165) is 6.42 Å². The summed E-state index contributed by atoms with van der Waals surface area (Å²) in [6.07, 6.45) is 23.9. The van der Waals surface area contributed by atoms with Crippen LogP contribution in [0.25, 0.3) is 0 Å². The molecule has 1 aliphatic heterocycles. The highest BCUT2D eigenvalue weighted by Gasteiger charge is 2.34. The number of allylic oxidation sites excluding steroid dienone is 11. The topological polar surface area (TPSA) is 12.0 Å². The quantitative estimate of drug-likeness (QED) is 0.397. The predicted molar refractivity (Wildman–Crippen MR) is 113 cm³/mol. The van der Waals surface area contributed by atoms with E-state index in [9.17, 15) is 0 Å². The molecule has 0 amide bonds. The molecule has 0 bridgehead atoms. The summed E-state index contributed by atoms with van der Waals surface area (Å²) in [5.74, 6) is 0.930. The van der Waals surface area contributed by atoms with E-state index in [2.05, 4.69) is 81.8 Å². The normalized spacial score (nSPS) is 25.4. The Hall–Kier alpha value is -2.28. The van der Waals surface area contributed by atoms with Gasteiger partial charge in [0.25, 0.3) is 0 Å². The van der Waals surface area contributed by atoms with Crippen molar-refractivity contribution in [3.8, 4) is 0 Å². The van der Waals surface area contributed by atoms with Gasteiger partial charge >= 0.3 is 0 Å². The molecule has 1 heterocycles. The minimum absolute atomic E-state index is 0.256. The van der Waals surface area contributed by atoms with E-state index in [1.165, 1.54) is 16.8 Å². The molecular formula is C24H33N. The lowest BCUT2D eigenvalue weighted by molar-refractivity contribution is 0.323. The summed E-state index contributed by atoms with van der Waals surface area (Å²) in [7, 11) is 0. The van der Waals surface area contributed by atoms with Gasteiger partial charge in [0, 0.05) is 11.6 Å². The summed E-state index contributed by atoms with van der Waals surface area (Å²) < 4.78 is 0. The third-order valence-electron chi connectivity index (χ3n) is 4.66. The Morgan fingerprint density at radius 3 is 2.36 bits per heavy atom. The number of nitrogens with one attached hydrogen (secondary N) is 1. The highest BCUT2D eigenvalue weighted by molar-refractivity contribution is 5.40. The van der Waals surface area contributed by atoms with Gasteiger partial charge in [0.05, 0.1) is 6.04 Å². The molecule has 0 aromatic carbocycles. The van der Waals surface area contributed by atoms with Crippen molar-refractivity contribution in [2.45, 2.75) is 40.2 Å². The second kappa shape index (κ2) is 11.3. The van der Waals surface area contributed by atoms with Crippen molar-refractivity contribution in [3.63, 3.8) is 0 Å². The second-order valence-corrected chi connectivity index (χ2v) is 6.22. The summed E-state index contributed by atoms with van der Waals surface area (Å²) in [6.45, 7) is 16.3. The van der Waals surface area contributed by atoms with Crippen LogP contribution in [0.15, 0.2) is 96.8 Å². The van der Waals surface area contributed by atoms with Crippen molar-refractivity contribution in [2.24, 2.45) is 11.8 Å². The molecule has 1 nitrogen and oxygen atoms in total. The summed E-state index contributed by atoms with van der Waals surface area (Å²) in [5, 5.41) is 3.77. The molecule has 1 rings (SSSR count). The standard InChI is InChI=1S/C24H33N/c1-7-12-16-20(17-13-8-2)24-21(11-5)22(15-10-4)19(6)23(25-24)18-14-9-3/h7-10,12-18,21-22,24-25H,1,3,11H2,2,4-6H3/b13-8-,15-10-,16-12-,18-14-,20-17+. The molecule has 0 spiro atoms. The van der Waals surface area contributed by atoms with E-state index in [-0.39, 0.29) is 6.04 Å². The van der Waals surface area contributed by atoms with Crippen LogP contribution in [0, 0.1) is 11.8 Å². The maximum Gasteiger partial charge on any atom is 0.0550 e. The third-order valence-corrected chi connectivity index (χ3v) is 4.66. The van der Waals surface area contributed by atoms with Crippen molar-refractivity contribution in [3.05, 3.63) is 96.8 Å². The van der Waals surface area contributed by atoms with Gasteiger partial charge in [-0.3, -0.25) is 0 Å². The van der Waals surface area contributed by atoms with Crippen LogP contribution in [-0.2, 0) is 0 Å². The fraction of sp³-hybridized carbons (Fsp3) is 0.333. The largest absolute Gasteiger partial charge is 0.378 e. The number of hydrogen-bond donors (Lipinski definition) is 1. The van der Waals surface area contributed by atoms with E-state index in [0.29, 0.717) is 11.8 Å². The van der Waals surface area contributed by atoms with Crippen LogP contribution in [0.4, 0.5) is 0 Å². The lowest BCUT2D eigenvalue weighted by atomic mass is 9.73. The van der Waals surface area contributed by atoms with E-state index >= 15 is 0 Å². The van der Waals surface area contributed by atoms with Gasteiger partial charge in [0.15, 0.2) is 0 Å². The summed E-state index contributed by atoms with van der Waals surface area (Å²) in [4.78, 5) is 0. The molecule has 0 aromatic heterocycles. The molecule has 1 N–H and O–H groups in total. The smallest absolute Gasteiger partial charge is 0.0550 e. The Kier molecular flexibility index (Phi) is 9.39. The van der Waals surface area contributed by atoms with E-state index in [4.69, 9.17) is 0 Å². The first kappa shape index (κ1) is 20.8. The molecule has 1 heteroatoms. The average molecular weight is 336 g/mol. The van der Waals surface area contributed by atoms with E-state index < -0.39 is 0 Å². The highest BCUT2D eigenvalue weighted by atomic mass is 15.0. The Bertz CT molecular complexity index is 622. The van der Waals surface area contributed by atoms with Crippen LogP contribution in [0.1, 0.15) is 34.1 Å². The first-order valence-corrected chi connectivity index (χ1v) is 9.15. The van der Waals surface area contributed by atoms with Gasteiger partial charge < -0.3 is 5.32 Å². The Morgan fingerprint density at radius 2 is 1.80 bits per heavy atom. The number of rotatable bonds is 8. The van der Waals surface area contributed by atoms with Crippen molar-refractivity contribution in [1.29, 1.82) is 0 Å². The maximum atomic E-state index is 3.81. The van der Waals surface area contributed by atoms with Crippen molar-refractivity contribution < 1.29 is 0 Å². The molecule has 25 heavy (non-hydrogen) atoms. The van der Waals surface area contributed by atoms with Crippen LogP contribution in [-0.4, -0.2) is 6.04 Å². The monoisotopic (exact) mass is 335 g/mol. The van der Waals surface area contributed by atoms with Crippen molar-refractivity contribution in [2.75, 3.05) is 0 Å². The minimum Gasteiger partial charge on any atom is -0.378 e. The van der Waals surface area contributed by atoms with Crippen LogP contribution >= 0.6 is 0 Å². The SMILES string of the molecule is C=C/C=C\C1=C(C)C(/C=C\C)C(CC)C(C(/C=C\C=C)=C/C=C\C)N1. The van der Waals surface area contributed by atoms with Gasteiger partial charge in [-0.2, -0.15) is 0 Å². The molecule has 3 unspecified atom stereocenters. The molecule has 1 aliphatic rings. The molecule has 0 saturated heterocycles. The number of hydrogen-bond acceptors (Lipinski definition) is 1. The molecule has 0 fully saturated rings. The first-order valence-electron chi connectivity index (χ1n) is 9.15. The van der Waals surface area contributed by atoms with Gasteiger partial charge in [-0.25, -0.2) is 0 Å². The van der Waals surface area contributed by atoms with E-state index in [1.807, 2.05) is 31.2 Å². The van der Waals surface area contributed by atoms with Crippen molar-refractivity contribution in [1.82, 2.24) is 5.32 Å². The van der Waals surface area contributed by atoms with Crippen molar-refractivity contribution >= 4 is 0 Å². The minimum atomic E-state index is 0.256. The second-order valence-electron chi connectivity index (χ2n) is 6.22. The maximum absolute atomic E-state index is 3.81. The predicted octanol–water partition coefficient (Wildman–Crippen LogP) is 6.44. The summed E-state index contributed by atoms with van der Waals surface area (Å²) in [5.41, 5.74) is 3.85. The summed E-state index contributed by atoms with van der Waals surface area (Å²) in [6, 6.07) is 0.256. The first-order chi connectivity index (χ1) is 12.1. The van der Waals surface area contributed by atoms with Gasteiger partial charge in [0.2, 0.25) is 0 Å². The fourth-order valence-corrected chi connectivity index (χ4v) is 3.40. The lowest BCUT2D eigenvalue weighted by Crippen LogP contribution is -2.44. The van der Waals surface area contributed by atoms with Gasteiger partial charge in [0.1, 0.15) is 0 Å². The summed E-state index contributed by atoms with van der Waals surface area (Å²) >= 11 is 0. The Balaban J connectivity index is 3.45. The third kappa shape index (κ3) is 5.63. The van der Waals surface area contributed by atoms with Crippen LogP contribution < -0.4 is 5.32 Å². The zero-order valence-corrected chi connectivity index (χ0v) is 16.2. The molecular weight excluding hydrogens is 302 g/mol. The van der Waals surface area contributed by atoms with E-state index in [1.54, 1.807) is 0 Å². The average Bonchev–Trinajstić information content (AvgIpc) is 2.62. The van der Waals surface area contributed by atoms with Gasteiger partial charge in [-0.05, 0) is 43.9 Å². The van der Waals surface area contributed by atoms with Crippen LogP contribution in [0.5, 0.6) is 0 Å². The molecule has 0 radical (unpaired) electrons. The lowest BCUT2D eigenvalue weighted by Gasteiger charge is -2.40. The van der Waals surface area contributed by atoms with Crippen LogP contribution in [0.3, 0.4) is 0 Å². The zero-order valence-electron chi connectivity index (χ0n) is 16.2. The fourth-order valence-electron chi connectivity index (χ4n) is 3.40. The molecule has 0 saturated carbocycles. The molecule has 134 valence electrons. The Morgan fingerprint density at radius 1 is 1.08 bits per heavy atom. The Labute approximate surface area is 154 Å². The molecule has 0 aliphatic carbocycles. The van der Waals surface area contributed by atoms with Gasteiger partial charge in [-0.1, -0.05) is 87.3 Å². The highest BCUT2D eigenvalue weighted by Crippen LogP contribution is 2.37. The van der Waals surface area contributed by atoms with Gasteiger partial charge in [-0.15, -0.1) is 0 Å². The van der Waals surface area contributed by atoms with Crippen LogP contribution in [0.2, 0.25) is 0 Å². The molecule has 0 aromatic rings.